The van der Waals surface area contributed by atoms with Gasteiger partial charge in [-0.2, -0.15) is 0 Å². The minimum atomic E-state index is 1.00. The van der Waals surface area contributed by atoms with Gasteiger partial charge in [0.2, 0.25) is 0 Å². The third kappa shape index (κ3) is 4.79. The van der Waals surface area contributed by atoms with E-state index in [0.29, 0.717) is 0 Å². The molecule has 1 saturated heterocycles. The van der Waals surface area contributed by atoms with Crippen LogP contribution in [0, 0.1) is 0 Å². The monoisotopic (exact) mass is 326 g/mol. The second-order valence-electron chi connectivity index (χ2n) is 5.00. The van der Waals surface area contributed by atoms with Crippen molar-refractivity contribution in [3.05, 3.63) is 28.2 Å². The molecule has 0 aliphatic carbocycles. The molecule has 4 heteroatoms. The predicted octanol–water partition coefficient (Wildman–Crippen LogP) is 2.69. The number of nitrogens with zero attached hydrogens (tertiary/aromatic N) is 1. The molecule has 0 spiro atoms. The highest BCUT2D eigenvalue weighted by Gasteiger charge is 2.09. The van der Waals surface area contributed by atoms with Crippen molar-refractivity contribution in [3.8, 4) is 5.75 Å². The van der Waals surface area contributed by atoms with Crippen LogP contribution in [0.25, 0.3) is 0 Å². The van der Waals surface area contributed by atoms with Crippen LogP contribution in [0.15, 0.2) is 22.7 Å². The summed E-state index contributed by atoms with van der Waals surface area (Å²) >= 11 is 3.53. The zero-order chi connectivity index (χ0) is 13.5. The Hall–Kier alpha value is -0.580. The van der Waals surface area contributed by atoms with E-state index in [1.807, 2.05) is 12.1 Å². The van der Waals surface area contributed by atoms with Crippen molar-refractivity contribution in [2.24, 2.45) is 0 Å². The summed E-state index contributed by atoms with van der Waals surface area (Å²) in [5.74, 6) is 1.00. The molecule has 0 radical (unpaired) electrons. The van der Waals surface area contributed by atoms with Gasteiger partial charge in [0.25, 0.3) is 0 Å². The first kappa shape index (κ1) is 14.8. The summed E-state index contributed by atoms with van der Waals surface area (Å²) in [5, 5.41) is 3.44. The number of halogens is 1. The number of ether oxygens (including phenoxy) is 1. The van der Waals surface area contributed by atoms with E-state index >= 15 is 0 Å². The van der Waals surface area contributed by atoms with Crippen LogP contribution < -0.4 is 10.1 Å². The van der Waals surface area contributed by atoms with Crippen LogP contribution in [0.2, 0.25) is 0 Å². The van der Waals surface area contributed by atoms with Crippen LogP contribution in [-0.4, -0.2) is 44.7 Å². The van der Waals surface area contributed by atoms with Crippen molar-refractivity contribution >= 4 is 15.9 Å². The molecule has 2 rings (SSSR count). The highest BCUT2D eigenvalue weighted by atomic mass is 79.9. The molecule has 1 heterocycles. The third-order valence-corrected chi connectivity index (χ3v) is 4.09. The summed E-state index contributed by atoms with van der Waals surface area (Å²) in [5.41, 5.74) is 1.30. The molecular formula is C15H23BrN2O. The quantitative estimate of drug-likeness (QED) is 0.900. The number of rotatable bonds is 5. The van der Waals surface area contributed by atoms with Crippen LogP contribution in [0.1, 0.15) is 18.4 Å². The molecule has 0 unspecified atom stereocenters. The highest BCUT2D eigenvalue weighted by Crippen LogP contribution is 2.24. The van der Waals surface area contributed by atoms with Crippen molar-refractivity contribution in [3.63, 3.8) is 0 Å². The predicted molar refractivity (Wildman–Crippen MR) is 82.9 cm³/mol. The molecule has 19 heavy (non-hydrogen) atoms. The molecule has 0 atom stereocenters. The van der Waals surface area contributed by atoms with Gasteiger partial charge in [-0.3, -0.25) is 0 Å². The first-order valence-corrected chi connectivity index (χ1v) is 7.84. The molecule has 1 fully saturated rings. The Morgan fingerprint density at radius 1 is 1.32 bits per heavy atom. The van der Waals surface area contributed by atoms with Gasteiger partial charge >= 0.3 is 0 Å². The van der Waals surface area contributed by atoms with E-state index in [1.54, 1.807) is 7.11 Å². The van der Waals surface area contributed by atoms with Gasteiger partial charge in [-0.1, -0.05) is 15.9 Å². The van der Waals surface area contributed by atoms with E-state index in [-0.39, 0.29) is 0 Å². The van der Waals surface area contributed by atoms with Crippen molar-refractivity contribution in [2.45, 2.75) is 19.3 Å². The molecular weight excluding hydrogens is 304 g/mol. The lowest BCUT2D eigenvalue weighted by Crippen LogP contribution is -2.29. The van der Waals surface area contributed by atoms with E-state index in [2.05, 4.69) is 32.2 Å². The van der Waals surface area contributed by atoms with Crippen LogP contribution in [0.3, 0.4) is 0 Å². The minimum absolute atomic E-state index is 1.00. The van der Waals surface area contributed by atoms with Crippen LogP contribution in [0.5, 0.6) is 5.75 Å². The Morgan fingerprint density at radius 2 is 2.21 bits per heavy atom. The summed E-state index contributed by atoms with van der Waals surface area (Å²) in [6, 6.07) is 6.24. The lowest BCUT2D eigenvalue weighted by molar-refractivity contribution is 0.288. The summed E-state index contributed by atoms with van der Waals surface area (Å²) in [7, 11) is 1.74. The normalized spacial score (nSPS) is 17.2. The maximum Gasteiger partial charge on any atom is 0.122 e. The van der Waals surface area contributed by atoms with Crippen molar-refractivity contribution in [1.29, 1.82) is 0 Å². The maximum absolute atomic E-state index is 5.42. The zero-order valence-electron chi connectivity index (χ0n) is 11.6. The van der Waals surface area contributed by atoms with Gasteiger partial charge < -0.3 is 15.0 Å². The number of hydrogen-bond acceptors (Lipinski definition) is 3. The summed E-state index contributed by atoms with van der Waals surface area (Å²) in [4.78, 5) is 2.56. The lowest BCUT2D eigenvalue weighted by atomic mass is 10.1. The Kier molecular flexibility index (Phi) is 6.14. The van der Waals surface area contributed by atoms with E-state index in [4.69, 9.17) is 4.74 Å². The molecule has 1 aromatic carbocycles. The Balaban J connectivity index is 1.82. The topological polar surface area (TPSA) is 24.5 Å². The average molecular weight is 327 g/mol. The minimum Gasteiger partial charge on any atom is -0.496 e. The van der Waals surface area contributed by atoms with E-state index in [1.165, 1.54) is 38.0 Å². The van der Waals surface area contributed by atoms with Crippen molar-refractivity contribution in [2.75, 3.05) is 39.8 Å². The van der Waals surface area contributed by atoms with Gasteiger partial charge in [-0.05, 0) is 62.7 Å². The fourth-order valence-corrected chi connectivity index (χ4v) is 2.97. The first-order chi connectivity index (χ1) is 9.29. The Labute approximate surface area is 124 Å². The number of benzene rings is 1. The zero-order valence-corrected chi connectivity index (χ0v) is 13.2. The van der Waals surface area contributed by atoms with Crippen LogP contribution in [0.4, 0.5) is 0 Å². The van der Waals surface area contributed by atoms with Gasteiger partial charge in [0.05, 0.1) is 7.11 Å². The molecule has 1 aliphatic heterocycles. The third-order valence-electron chi connectivity index (χ3n) is 3.60. The maximum atomic E-state index is 5.42. The number of methoxy groups -OCH3 is 1. The van der Waals surface area contributed by atoms with Gasteiger partial charge in [-0.15, -0.1) is 0 Å². The van der Waals surface area contributed by atoms with Crippen LogP contribution in [-0.2, 0) is 6.42 Å². The number of nitrogens with one attached hydrogen (secondary N) is 1. The second-order valence-corrected chi connectivity index (χ2v) is 5.92. The van der Waals surface area contributed by atoms with E-state index < -0.39 is 0 Å². The van der Waals surface area contributed by atoms with Crippen LogP contribution >= 0.6 is 15.9 Å². The van der Waals surface area contributed by atoms with Gasteiger partial charge in [-0.25, -0.2) is 0 Å². The SMILES string of the molecule is COc1ccc(Br)cc1CCCN1CCCNCC1. The molecule has 0 saturated carbocycles. The number of hydrogen-bond donors (Lipinski definition) is 1. The molecule has 106 valence electrons. The summed E-state index contributed by atoms with van der Waals surface area (Å²) in [6.45, 7) is 5.87. The molecule has 1 aliphatic rings. The molecule has 1 aromatic rings. The number of aryl methyl sites for hydroxylation is 1. The molecule has 0 aromatic heterocycles. The first-order valence-electron chi connectivity index (χ1n) is 7.05. The largest absolute Gasteiger partial charge is 0.496 e. The van der Waals surface area contributed by atoms with E-state index in [9.17, 15) is 0 Å². The Bertz CT molecular complexity index is 390. The van der Waals surface area contributed by atoms with E-state index in [0.717, 1.165) is 29.7 Å². The smallest absolute Gasteiger partial charge is 0.122 e. The fourth-order valence-electron chi connectivity index (χ4n) is 2.56. The molecule has 0 bridgehead atoms. The van der Waals surface area contributed by atoms with Gasteiger partial charge in [0.15, 0.2) is 0 Å². The van der Waals surface area contributed by atoms with Gasteiger partial charge in [0, 0.05) is 17.6 Å². The fraction of sp³-hybridized carbons (Fsp3) is 0.600. The van der Waals surface area contributed by atoms with Crippen molar-refractivity contribution in [1.82, 2.24) is 10.2 Å². The van der Waals surface area contributed by atoms with Crippen molar-refractivity contribution < 1.29 is 4.74 Å². The second kappa shape index (κ2) is 7.88. The molecule has 0 amide bonds. The summed E-state index contributed by atoms with van der Waals surface area (Å²) in [6.07, 6.45) is 3.53. The molecule has 1 N–H and O–H groups in total. The lowest BCUT2D eigenvalue weighted by Gasteiger charge is -2.19. The van der Waals surface area contributed by atoms with Gasteiger partial charge in [0.1, 0.15) is 5.75 Å². The standard InChI is InChI=1S/C15H23BrN2O/c1-19-15-6-5-14(16)12-13(15)4-2-9-18-10-3-7-17-8-11-18/h5-6,12,17H,2-4,7-11H2,1H3. The average Bonchev–Trinajstić information content (AvgIpc) is 2.68. The summed E-state index contributed by atoms with van der Waals surface area (Å²) < 4.78 is 6.55. The molecule has 3 nitrogen and oxygen atoms in total. The highest BCUT2D eigenvalue weighted by molar-refractivity contribution is 9.10. The Morgan fingerprint density at radius 3 is 3.05 bits per heavy atom.